The maximum absolute atomic E-state index is 5.60. The van der Waals surface area contributed by atoms with Crippen molar-refractivity contribution in [3.05, 3.63) is 24.3 Å². The van der Waals surface area contributed by atoms with E-state index in [4.69, 9.17) is 4.74 Å². The van der Waals surface area contributed by atoms with E-state index < -0.39 is 0 Å². The lowest BCUT2D eigenvalue weighted by atomic mass is 10.3. The van der Waals surface area contributed by atoms with Gasteiger partial charge in [0.25, 0.3) is 0 Å². The van der Waals surface area contributed by atoms with Gasteiger partial charge in [-0.2, -0.15) is 15.0 Å². The Hall–Kier alpha value is -2.57. The zero-order valence-electron chi connectivity index (χ0n) is 13.2. The Kier molecular flexibility index (Phi) is 5.76. The van der Waals surface area contributed by atoms with E-state index >= 15 is 0 Å². The fourth-order valence-electron chi connectivity index (χ4n) is 1.88. The molecule has 0 amide bonds. The van der Waals surface area contributed by atoms with Gasteiger partial charge in [0, 0.05) is 13.1 Å². The first kappa shape index (κ1) is 15.8. The summed E-state index contributed by atoms with van der Waals surface area (Å²) in [7, 11) is 0. The number of nitrogens with one attached hydrogen (secondary N) is 3. The molecule has 0 aliphatic heterocycles. The van der Waals surface area contributed by atoms with Crippen molar-refractivity contribution >= 4 is 23.5 Å². The first-order valence-corrected chi connectivity index (χ1v) is 7.49. The molecule has 2 rings (SSSR count). The van der Waals surface area contributed by atoms with Crippen LogP contribution in [0.3, 0.4) is 0 Å². The monoisotopic (exact) mass is 302 g/mol. The topological polar surface area (TPSA) is 84.0 Å². The molecule has 3 N–H and O–H groups in total. The molecule has 22 heavy (non-hydrogen) atoms. The van der Waals surface area contributed by atoms with Crippen molar-refractivity contribution in [2.45, 2.75) is 20.8 Å². The standard InChI is InChI=1S/C15H22N6O/c1-4-16-13-19-14(17-5-2)21-15(20-13)18-11-9-7-8-10-12(11)22-6-3/h7-10H,4-6H2,1-3H3,(H3,16,17,18,19,20,21). The number of rotatable bonds is 8. The van der Waals surface area contributed by atoms with Gasteiger partial charge in [-0.1, -0.05) is 12.1 Å². The van der Waals surface area contributed by atoms with Crippen LogP contribution in [0.4, 0.5) is 23.5 Å². The van der Waals surface area contributed by atoms with Crippen LogP contribution in [-0.4, -0.2) is 34.6 Å². The quantitative estimate of drug-likeness (QED) is 0.691. The number of aromatic nitrogens is 3. The van der Waals surface area contributed by atoms with Crippen LogP contribution in [0.5, 0.6) is 5.75 Å². The van der Waals surface area contributed by atoms with Gasteiger partial charge in [0.15, 0.2) is 0 Å². The maximum Gasteiger partial charge on any atom is 0.233 e. The minimum atomic E-state index is 0.467. The molecule has 0 fully saturated rings. The lowest BCUT2D eigenvalue weighted by Crippen LogP contribution is -2.11. The number of hydrogen-bond acceptors (Lipinski definition) is 7. The smallest absolute Gasteiger partial charge is 0.233 e. The summed E-state index contributed by atoms with van der Waals surface area (Å²) in [5, 5.41) is 9.39. The Morgan fingerprint density at radius 1 is 0.864 bits per heavy atom. The minimum Gasteiger partial charge on any atom is -0.492 e. The van der Waals surface area contributed by atoms with Crippen LogP contribution in [-0.2, 0) is 0 Å². The molecule has 7 heteroatoms. The fourth-order valence-corrected chi connectivity index (χ4v) is 1.88. The average Bonchev–Trinajstić information content (AvgIpc) is 2.50. The molecule has 1 aromatic carbocycles. The van der Waals surface area contributed by atoms with Crippen LogP contribution in [0.2, 0.25) is 0 Å². The highest BCUT2D eigenvalue weighted by Gasteiger charge is 2.08. The molecule has 2 aromatic rings. The molecular weight excluding hydrogens is 280 g/mol. The van der Waals surface area contributed by atoms with Crippen molar-refractivity contribution in [1.29, 1.82) is 0 Å². The van der Waals surface area contributed by atoms with Crippen LogP contribution in [0, 0.1) is 0 Å². The summed E-state index contributed by atoms with van der Waals surface area (Å²) >= 11 is 0. The normalized spacial score (nSPS) is 10.1. The van der Waals surface area contributed by atoms with Crippen LogP contribution >= 0.6 is 0 Å². The van der Waals surface area contributed by atoms with Crippen molar-refractivity contribution in [3.8, 4) is 5.75 Å². The van der Waals surface area contributed by atoms with Gasteiger partial charge in [-0.05, 0) is 32.9 Å². The second-order valence-electron chi connectivity index (χ2n) is 4.42. The molecule has 1 heterocycles. The van der Waals surface area contributed by atoms with Gasteiger partial charge in [0.2, 0.25) is 17.8 Å². The van der Waals surface area contributed by atoms with Crippen molar-refractivity contribution in [2.75, 3.05) is 35.6 Å². The van der Waals surface area contributed by atoms with E-state index in [0.29, 0.717) is 24.5 Å². The van der Waals surface area contributed by atoms with Crippen molar-refractivity contribution in [3.63, 3.8) is 0 Å². The summed E-state index contributed by atoms with van der Waals surface area (Å²) in [6.45, 7) is 8.02. The predicted molar refractivity (Wildman–Crippen MR) is 89.0 cm³/mol. The van der Waals surface area contributed by atoms with Crippen LogP contribution < -0.4 is 20.7 Å². The summed E-state index contributed by atoms with van der Waals surface area (Å²) in [6.07, 6.45) is 0. The van der Waals surface area contributed by atoms with E-state index in [9.17, 15) is 0 Å². The Labute approximate surface area is 130 Å². The molecule has 118 valence electrons. The van der Waals surface area contributed by atoms with Gasteiger partial charge >= 0.3 is 0 Å². The Balaban J connectivity index is 2.28. The number of hydrogen-bond donors (Lipinski definition) is 3. The first-order chi connectivity index (χ1) is 10.8. The third-order valence-corrected chi connectivity index (χ3v) is 2.74. The lowest BCUT2D eigenvalue weighted by Gasteiger charge is -2.12. The van der Waals surface area contributed by atoms with Crippen LogP contribution in [0.15, 0.2) is 24.3 Å². The molecule has 0 spiro atoms. The lowest BCUT2D eigenvalue weighted by molar-refractivity contribution is 0.342. The van der Waals surface area contributed by atoms with Crippen LogP contribution in [0.25, 0.3) is 0 Å². The largest absolute Gasteiger partial charge is 0.492 e. The van der Waals surface area contributed by atoms with Gasteiger partial charge in [-0.25, -0.2) is 0 Å². The minimum absolute atomic E-state index is 0.467. The molecule has 0 saturated carbocycles. The molecule has 0 radical (unpaired) electrons. The number of para-hydroxylation sites is 2. The zero-order chi connectivity index (χ0) is 15.8. The first-order valence-electron chi connectivity index (χ1n) is 7.49. The SMILES string of the molecule is CCNc1nc(NCC)nc(Nc2ccccc2OCC)n1. The highest BCUT2D eigenvalue weighted by Crippen LogP contribution is 2.26. The van der Waals surface area contributed by atoms with E-state index in [1.54, 1.807) is 0 Å². The third-order valence-electron chi connectivity index (χ3n) is 2.74. The Morgan fingerprint density at radius 2 is 1.45 bits per heavy atom. The highest BCUT2D eigenvalue weighted by atomic mass is 16.5. The summed E-state index contributed by atoms with van der Waals surface area (Å²) in [4.78, 5) is 13.0. The van der Waals surface area contributed by atoms with E-state index in [-0.39, 0.29) is 0 Å². The number of anilines is 4. The molecule has 0 aliphatic rings. The Morgan fingerprint density at radius 3 is 2.05 bits per heavy atom. The summed E-state index contributed by atoms with van der Waals surface area (Å²) in [6, 6.07) is 7.69. The van der Waals surface area contributed by atoms with Crippen LogP contribution in [0.1, 0.15) is 20.8 Å². The maximum atomic E-state index is 5.60. The number of benzene rings is 1. The van der Waals surface area contributed by atoms with Gasteiger partial charge in [-0.15, -0.1) is 0 Å². The molecule has 7 nitrogen and oxygen atoms in total. The zero-order valence-corrected chi connectivity index (χ0v) is 13.2. The molecule has 0 unspecified atom stereocenters. The second kappa shape index (κ2) is 8.02. The summed E-state index contributed by atoms with van der Waals surface area (Å²) in [5.41, 5.74) is 0.820. The van der Waals surface area contributed by atoms with Crippen molar-refractivity contribution < 1.29 is 4.74 Å². The molecular formula is C15H22N6O. The van der Waals surface area contributed by atoms with Crippen molar-refractivity contribution in [1.82, 2.24) is 15.0 Å². The molecule has 0 saturated heterocycles. The van der Waals surface area contributed by atoms with Gasteiger partial charge in [-0.3, -0.25) is 0 Å². The van der Waals surface area contributed by atoms with Gasteiger partial charge in [0.1, 0.15) is 5.75 Å². The van der Waals surface area contributed by atoms with E-state index in [2.05, 4.69) is 30.9 Å². The van der Waals surface area contributed by atoms with Gasteiger partial charge in [0.05, 0.1) is 12.3 Å². The van der Waals surface area contributed by atoms with Crippen molar-refractivity contribution in [2.24, 2.45) is 0 Å². The second-order valence-corrected chi connectivity index (χ2v) is 4.42. The number of ether oxygens (including phenoxy) is 1. The fraction of sp³-hybridized carbons (Fsp3) is 0.400. The van der Waals surface area contributed by atoms with E-state index in [0.717, 1.165) is 24.5 Å². The third kappa shape index (κ3) is 4.21. The summed E-state index contributed by atoms with van der Waals surface area (Å²) < 4.78 is 5.60. The highest BCUT2D eigenvalue weighted by molar-refractivity contribution is 5.63. The molecule has 0 atom stereocenters. The molecule has 1 aromatic heterocycles. The summed E-state index contributed by atoms with van der Waals surface area (Å²) in [5.74, 6) is 2.30. The number of nitrogens with zero attached hydrogens (tertiary/aromatic N) is 3. The van der Waals surface area contributed by atoms with E-state index in [1.807, 2.05) is 45.0 Å². The van der Waals surface area contributed by atoms with Gasteiger partial charge < -0.3 is 20.7 Å². The molecule has 0 aliphatic carbocycles. The Bertz CT molecular complexity index is 580. The molecule has 0 bridgehead atoms. The average molecular weight is 302 g/mol. The predicted octanol–water partition coefficient (Wildman–Crippen LogP) is 2.88. The van der Waals surface area contributed by atoms with E-state index in [1.165, 1.54) is 0 Å².